The molecule has 4 heteroatoms. The summed E-state index contributed by atoms with van der Waals surface area (Å²) in [7, 11) is 0. The second-order valence-corrected chi connectivity index (χ2v) is 5.35. The SMILES string of the molecule is CCNc1cc(C(=O)NC2(CC)CCC2)cc(C)n1. The highest BCUT2D eigenvalue weighted by Crippen LogP contribution is 2.34. The van der Waals surface area contributed by atoms with Gasteiger partial charge < -0.3 is 10.6 Å². The van der Waals surface area contributed by atoms with Gasteiger partial charge in [-0.1, -0.05) is 6.92 Å². The van der Waals surface area contributed by atoms with Crippen molar-refractivity contribution in [2.45, 2.75) is 52.0 Å². The highest BCUT2D eigenvalue weighted by Gasteiger charge is 2.36. The Morgan fingerprint density at radius 2 is 2.11 bits per heavy atom. The fraction of sp³-hybridized carbons (Fsp3) is 0.600. The number of nitrogens with zero attached hydrogens (tertiary/aromatic N) is 1. The van der Waals surface area contributed by atoms with E-state index in [2.05, 4.69) is 22.5 Å². The molecule has 1 amide bonds. The zero-order valence-electron chi connectivity index (χ0n) is 12.0. The van der Waals surface area contributed by atoms with Crippen molar-refractivity contribution in [1.29, 1.82) is 0 Å². The Morgan fingerprint density at radius 1 is 1.37 bits per heavy atom. The van der Waals surface area contributed by atoms with E-state index in [-0.39, 0.29) is 11.4 Å². The predicted molar refractivity (Wildman–Crippen MR) is 77.5 cm³/mol. The fourth-order valence-electron chi connectivity index (χ4n) is 2.55. The number of anilines is 1. The molecule has 0 aromatic carbocycles. The van der Waals surface area contributed by atoms with Crippen LogP contribution in [0.1, 0.15) is 55.6 Å². The maximum absolute atomic E-state index is 12.4. The van der Waals surface area contributed by atoms with E-state index in [1.165, 1.54) is 6.42 Å². The van der Waals surface area contributed by atoms with Gasteiger partial charge in [-0.15, -0.1) is 0 Å². The Labute approximate surface area is 115 Å². The molecule has 1 aliphatic rings. The van der Waals surface area contributed by atoms with Gasteiger partial charge in [0.2, 0.25) is 0 Å². The summed E-state index contributed by atoms with van der Waals surface area (Å²) in [6, 6.07) is 3.67. The van der Waals surface area contributed by atoms with E-state index < -0.39 is 0 Å². The number of hydrogen-bond donors (Lipinski definition) is 2. The lowest BCUT2D eigenvalue weighted by atomic mass is 9.74. The summed E-state index contributed by atoms with van der Waals surface area (Å²) in [5, 5.41) is 6.36. The van der Waals surface area contributed by atoms with Crippen LogP contribution in [0.15, 0.2) is 12.1 Å². The summed E-state index contributed by atoms with van der Waals surface area (Å²) in [4.78, 5) is 16.7. The summed E-state index contributed by atoms with van der Waals surface area (Å²) < 4.78 is 0. The standard InChI is InChI=1S/C15H23N3O/c1-4-15(7-6-8-15)18-14(19)12-9-11(3)17-13(10-12)16-5-2/h9-10H,4-8H2,1-3H3,(H,16,17)(H,18,19). The predicted octanol–water partition coefficient (Wildman–Crippen LogP) is 2.88. The number of aryl methyl sites for hydroxylation is 1. The number of aromatic nitrogens is 1. The zero-order chi connectivity index (χ0) is 13.9. The molecule has 0 spiro atoms. The molecular weight excluding hydrogens is 238 g/mol. The van der Waals surface area contributed by atoms with E-state index in [1.54, 1.807) is 0 Å². The number of nitrogens with one attached hydrogen (secondary N) is 2. The summed E-state index contributed by atoms with van der Waals surface area (Å²) >= 11 is 0. The van der Waals surface area contributed by atoms with Gasteiger partial charge in [0.05, 0.1) is 0 Å². The number of rotatable bonds is 5. The normalized spacial score (nSPS) is 16.6. The topological polar surface area (TPSA) is 54.0 Å². The first kappa shape index (κ1) is 13.8. The second-order valence-electron chi connectivity index (χ2n) is 5.35. The molecule has 0 bridgehead atoms. The molecule has 1 fully saturated rings. The van der Waals surface area contributed by atoms with E-state index in [0.29, 0.717) is 5.56 Å². The molecule has 1 saturated carbocycles. The second kappa shape index (κ2) is 5.59. The molecule has 0 atom stereocenters. The van der Waals surface area contributed by atoms with Crippen LogP contribution in [-0.2, 0) is 0 Å². The van der Waals surface area contributed by atoms with E-state index in [9.17, 15) is 4.79 Å². The number of hydrogen-bond acceptors (Lipinski definition) is 3. The lowest BCUT2D eigenvalue weighted by molar-refractivity contribution is 0.0820. The third-order valence-corrected chi connectivity index (χ3v) is 3.94. The summed E-state index contributed by atoms with van der Waals surface area (Å²) in [5.41, 5.74) is 1.60. The molecule has 104 valence electrons. The minimum Gasteiger partial charge on any atom is -0.370 e. The molecule has 2 rings (SSSR count). The molecule has 1 aromatic heterocycles. The molecule has 4 nitrogen and oxygen atoms in total. The lowest BCUT2D eigenvalue weighted by Crippen LogP contribution is -2.53. The van der Waals surface area contributed by atoms with Gasteiger partial charge in [-0.05, 0) is 51.7 Å². The molecule has 1 aromatic rings. The van der Waals surface area contributed by atoms with Gasteiger partial charge in [-0.25, -0.2) is 4.98 Å². The molecule has 0 unspecified atom stereocenters. The van der Waals surface area contributed by atoms with Gasteiger partial charge in [0.1, 0.15) is 5.82 Å². The van der Waals surface area contributed by atoms with E-state index in [4.69, 9.17) is 0 Å². The van der Waals surface area contributed by atoms with Gasteiger partial charge in [0.25, 0.3) is 5.91 Å². The average molecular weight is 261 g/mol. The van der Waals surface area contributed by atoms with Crippen molar-refractivity contribution in [2.75, 3.05) is 11.9 Å². The molecule has 0 saturated heterocycles. The first-order chi connectivity index (χ1) is 9.08. The Bertz CT molecular complexity index is 461. The number of carbonyl (C=O) groups excluding carboxylic acids is 1. The van der Waals surface area contributed by atoms with Gasteiger partial charge in [-0.3, -0.25) is 4.79 Å². The van der Waals surface area contributed by atoms with Crippen LogP contribution in [-0.4, -0.2) is 23.0 Å². The van der Waals surface area contributed by atoms with Crippen LogP contribution >= 0.6 is 0 Å². The van der Waals surface area contributed by atoms with Crippen molar-refractivity contribution in [3.05, 3.63) is 23.4 Å². The van der Waals surface area contributed by atoms with Crippen molar-refractivity contribution in [1.82, 2.24) is 10.3 Å². The Kier molecular flexibility index (Phi) is 4.08. The summed E-state index contributed by atoms with van der Waals surface area (Å²) in [6.45, 7) is 6.87. The highest BCUT2D eigenvalue weighted by molar-refractivity contribution is 5.95. The van der Waals surface area contributed by atoms with Crippen molar-refractivity contribution >= 4 is 11.7 Å². The first-order valence-electron chi connectivity index (χ1n) is 7.13. The van der Waals surface area contributed by atoms with Gasteiger partial charge >= 0.3 is 0 Å². The Balaban J connectivity index is 2.14. The maximum atomic E-state index is 12.4. The largest absolute Gasteiger partial charge is 0.370 e. The van der Waals surface area contributed by atoms with Crippen LogP contribution in [0.25, 0.3) is 0 Å². The third-order valence-electron chi connectivity index (χ3n) is 3.94. The van der Waals surface area contributed by atoms with Crippen LogP contribution in [0.2, 0.25) is 0 Å². The average Bonchev–Trinajstić information content (AvgIpc) is 2.33. The van der Waals surface area contributed by atoms with Crippen LogP contribution in [0.3, 0.4) is 0 Å². The fourth-order valence-corrected chi connectivity index (χ4v) is 2.55. The van der Waals surface area contributed by atoms with Crippen LogP contribution in [0, 0.1) is 6.92 Å². The minimum absolute atomic E-state index is 0.0196. The van der Waals surface area contributed by atoms with Crippen molar-refractivity contribution < 1.29 is 4.79 Å². The maximum Gasteiger partial charge on any atom is 0.251 e. The Morgan fingerprint density at radius 3 is 2.63 bits per heavy atom. The van der Waals surface area contributed by atoms with Gasteiger partial charge in [0, 0.05) is 23.3 Å². The van der Waals surface area contributed by atoms with E-state index >= 15 is 0 Å². The molecule has 19 heavy (non-hydrogen) atoms. The highest BCUT2D eigenvalue weighted by atomic mass is 16.1. The number of amides is 1. The van der Waals surface area contributed by atoms with Gasteiger partial charge in [-0.2, -0.15) is 0 Å². The van der Waals surface area contributed by atoms with Crippen molar-refractivity contribution in [3.8, 4) is 0 Å². The molecule has 0 radical (unpaired) electrons. The number of carbonyl (C=O) groups is 1. The van der Waals surface area contributed by atoms with E-state index in [1.807, 2.05) is 26.0 Å². The third kappa shape index (κ3) is 3.06. The first-order valence-corrected chi connectivity index (χ1v) is 7.13. The van der Waals surface area contributed by atoms with Crippen LogP contribution in [0.5, 0.6) is 0 Å². The number of pyridine rings is 1. The van der Waals surface area contributed by atoms with Gasteiger partial charge in [0.15, 0.2) is 0 Å². The zero-order valence-corrected chi connectivity index (χ0v) is 12.0. The van der Waals surface area contributed by atoms with E-state index in [0.717, 1.165) is 37.3 Å². The monoisotopic (exact) mass is 261 g/mol. The molecule has 1 aliphatic carbocycles. The smallest absolute Gasteiger partial charge is 0.251 e. The molecule has 1 heterocycles. The molecule has 0 aliphatic heterocycles. The van der Waals surface area contributed by atoms with Crippen LogP contribution < -0.4 is 10.6 Å². The molecule has 2 N–H and O–H groups in total. The Hall–Kier alpha value is -1.58. The lowest BCUT2D eigenvalue weighted by Gasteiger charge is -2.42. The summed E-state index contributed by atoms with van der Waals surface area (Å²) in [5.74, 6) is 0.790. The molecular formula is C15H23N3O. The van der Waals surface area contributed by atoms with Crippen LogP contribution in [0.4, 0.5) is 5.82 Å². The van der Waals surface area contributed by atoms with Crippen molar-refractivity contribution in [3.63, 3.8) is 0 Å². The van der Waals surface area contributed by atoms with Crippen molar-refractivity contribution in [2.24, 2.45) is 0 Å². The quantitative estimate of drug-likeness (QED) is 0.857. The summed E-state index contributed by atoms with van der Waals surface area (Å²) in [6.07, 6.45) is 4.41. The minimum atomic E-state index is 0.0196.